The van der Waals surface area contributed by atoms with Crippen LogP contribution in [0.1, 0.15) is 11.3 Å². The van der Waals surface area contributed by atoms with Gasteiger partial charge in [0.1, 0.15) is 5.69 Å². The van der Waals surface area contributed by atoms with Crippen molar-refractivity contribution in [1.82, 2.24) is 4.57 Å². The lowest BCUT2D eigenvalue weighted by Crippen LogP contribution is -2.12. The van der Waals surface area contributed by atoms with Gasteiger partial charge in [0.2, 0.25) is 0 Å². The summed E-state index contributed by atoms with van der Waals surface area (Å²) in [5, 5.41) is 8.68. The third-order valence-corrected chi connectivity index (χ3v) is 1.69. The summed E-state index contributed by atoms with van der Waals surface area (Å²) in [6, 6.07) is 0.886. The van der Waals surface area contributed by atoms with Crippen LogP contribution in [0.3, 0.4) is 0 Å². The van der Waals surface area contributed by atoms with E-state index in [1.54, 1.807) is 0 Å². The molecule has 0 saturated carbocycles. The number of aliphatic hydroxyl groups excluding tert-OH is 1. The standard InChI is InChI=1S/C9H8F3NO/c1-2-3-13-5-7(6-14)4-8(13)9(10,11)12/h1,4-5,14H,3,6H2. The van der Waals surface area contributed by atoms with Gasteiger partial charge in [-0.15, -0.1) is 6.42 Å². The van der Waals surface area contributed by atoms with Crippen LogP contribution in [0.5, 0.6) is 0 Å². The second-order valence-corrected chi connectivity index (χ2v) is 2.72. The van der Waals surface area contributed by atoms with Gasteiger partial charge in [0.15, 0.2) is 0 Å². The Labute approximate surface area is 79.0 Å². The molecule has 1 aromatic rings. The molecule has 1 N–H and O–H groups in total. The maximum absolute atomic E-state index is 12.4. The summed E-state index contributed by atoms with van der Waals surface area (Å²) < 4.78 is 37.9. The van der Waals surface area contributed by atoms with E-state index in [1.165, 1.54) is 6.20 Å². The molecule has 0 amide bonds. The lowest BCUT2D eigenvalue weighted by Gasteiger charge is -2.08. The summed E-state index contributed by atoms with van der Waals surface area (Å²) in [5.74, 6) is 2.12. The maximum atomic E-state index is 12.4. The van der Waals surface area contributed by atoms with Gasteiger partial charge in [-0.3, -0.25) is 0 Å². The fourth-order valence-electron chi connectivity index (χ4n) is 1.13. The van der Waals surface area contributed by atoms with E-state index in [9.17, 15) is 13.2 Å². The maximum Gasteiger partial charge on any atom is 0.431 e. The SMILES string of the molecule is C#CCn1cc(CO)cc1C(F)(F)F. The number of aliphatic hydroxyl groups is 1. The molecule has 0 bridgehead atoms. The van der Waals surface area contributed by atoms with Crippen molar-refractivity contribution in [1.29, 1.82) is 0 Å². The molecule has 0 aliphatic heterocycles. The number of aromatic nitrogens is 1. The van der Waals surface area contributed by atoms with Crippen molar-refractivity contribution in [3.8, 4) is 12.3 Å². The Hall–Kier alpha value is -1.41. The summed E-state index contributed by atoms with van der Waals surface area (Å²) in [5.41, 5.74) is -0.632. The van der Waals surface area contributed by atoms with E-state index in [-0.39, 0.29) is 12.1 Å². The predicted molar refractivity (Wildman–Crippen MR) is 44.2 cm³/mol. The normalized spacial score (nSPS) is 11.4. The smallest absolute Gasteiger partial charge is 0.392 e. The molecule has 1 heterocycles. The number of nitrogens with zero attached hydrogens (tertiary/aromatic N) is 1. The van der Waals surface area contributed by atoms with Crippen LogP contribution in [-0.2, 0) is 19.3 Å². The molecule has 76 valence electrons. The highest BCUT2D eigenvalue weighted by Gasteiger charge is 2.34. The number of alkyl halides is 3. The molecule has 0 spiro atoms. The van der Waals surface area contributed by atoms with Gasteiger partial charge in [-0.25, -0.2) is 0 Å². The van der Waals surface area contributed by atoms with E-state index >= 15 is 0 Å². The first-order valence-corrected chi connectivity index (χ1v) is 3.79. The van der Waals surface area contributed by atoms with Crippen LogP contribution >= 0.6 is 0 Å². The van der Waals surface area contributed by atoms with Crippen LogP contribution in [0.4, 0.5) is 13.2 Å². The first-order valence-electron chi connectivity index (χ1n) is 3.79. The topological polar surface area (TPSA) is 25.2 Å². The fourth-order valence-corrected chi connectivity index (χ4v) is 1.13. The van der Waals surface area contributed by atoms with E-state index < -0.39 is 18.5 Å². The van der Waals surface area contributed by atoms with Crippen molar-refractivity contribution in [2.24, 2.45) is 0 Å². The van der Waals surface area contributed by atoms with Crippen molar-refractivity contribution >= 4 is 0 Å². The molecule has 5 heteroatoms. The summed E-state index contributed by atoms with van der Waals surface area (Å²) in [4.78, 5) is 0. The molecule has 0 aliphatic rings. The zero-order valence-electron chi connectivity index (χ0n) is 7.17. The minimum atomic E-state index is -4.44. The fraction of sp³-hybridized carbons (Fsp3) is 0.333. The van der Waals surface area contributed by atoms with Gasteiger partial charge in [0.25, 0.3) is 0 Å². The van der Waals surface area contributed by atoms with Gasteiger partial charge in [-0.2, -0.15) is 13.2 Å². The van der Waals surface area contributed by atoms with Gasteiger partial charge < -0.3 is 9.67 Å². The van der Waals surface area contributed by atoms with Crippen LogP contribution in [0, 0.1) is 12.3 Å². The van der Waals surface area contributed by atoms with E-state index in [2.05, 4.69) is 5.92 Å². The van der Waals surface area contributed by atoms with Crippen molar-refractivity contribution in [3.05, 3.63) is 23.5 Å². The van der Waals surface area contributed by atoms with Gasteiger partial charge in [0.05, 0.1) is 13.2 Å². The van der Waals surface area contributed by atoms with Crippen molar-refractivity contribution < 1.29 is 18.3 Å². The van der Waals surface area contributed by atoms with Crippen LogP contribution in [0.15, 0.2) is 12.3 Å². The first-order chi connectivity index (χ1) is 6.49. The van der Waals surface area contributed by atoms with Gasteiger partial charge >= 0.3 is 6.18 Å². The third-order valence-electron chi connectivity index (χ3n) is 1.69. The number of terminal acetylenes is 1. The minimum absolute atomic E-state index is 0.158. The largest absolute Gasteiger partial charge is 0.431 e. The molecule has 2 nitrogen and oxygen atoms in total. The average molecular weight is 203 g/mol. The van der Waals surface area contributed by atoms with Crippen molar-refractivity contribution in [2.75, 3.05) is 0 Å². The highest BCUT2D eigenvalue weighted by atomic mass is 19.4. The monoisotopic (exact) mass is 203 g/mol. The first kappa shape index (κ1) is 10.7. The molecular weight excluding hydrogens is 195 g/mol. The molecule has 14 heavy (non-hydrogen) atoms. The predicted octanol–water partition coefficient (Wildman–Crippen LogP) is 1.63. The quantitative estimate of drug-likeness (QED) is 0.726. The summed E-state index contributed by atoms with van der Waals surface area (Å²) in [7, 11) is 0. The highest BCUT2D eigenvalue weighted by Crippen LogP contribution is 2.30. The Bertz CT molecular complexity index is 359. The van der Waals surface area contributed by atoms with E-state index in [0.717, 1.165) is 10.6 Å². The molecule has 0 radical (unpaired) electrons. The van der Waals surface area contributed by atoms with Gasteiger partial charge in [-0.1, -0.05) is 5.92 Å². The highest BCUT2D eigenvalue weighted by molar-refractivity contribution is 5.21. The Kier molecular flexibility index (Phi) is 2.87. The van der Waals surface area contributed by atoms with Crippen molar-refractivity contribution in [2.45, 2.75) is 19.3 Å². The number of rotatable bonds is 2. The molecule has 0 aromatic carbocycles. The van der Waals surface area contributed by atoms with Crippen LogP contribution in [-0.4, -0.2) is 9.67 Å². The molecule has 0 fully saturated rings. The van der Waals surface area contributed by atoms with Crippen LogP contribution < -0.4 is 0 Å². The molecule has 0 aliphatic carbocycles. The van der Waals surface area contributed by atoms with E-state index in [1.807, 2.05) is 0 Å². The summed E-state index contributed by atoms with van der Waals surface area (Å²) in [6.45, 7) is -0.588. The molecule has 0 unspecified atom stereocenters. The van der Waals surface area contributed by atoms with Gasteiger partial charge in [-0.05, 0) is 11.6 Å². The Morgan fingerprint density at radius 2 is 2.14 bits per heavy atom. The Morgan fingerprint density at radius 3 is 2.57 bits per heavy atom. The second-order valence-electron chi connectivity index (χ2n) is 2.72. The average Bonchev–Trinajstić information content (AvgIpc) is 2.48. The number of hydrogen-bond acceptors (Lipinski definition) is 1. The number of halogens is 3. The van der Waals surface area contributed by atoms with E-state index in [0.29, 0.717) is 0 Å². The zero-order chi connectivity index (χ0) is 10.8. The summed E-state index contributed by atoms with van der Waals surface area (Å²) in [6.07, 6.45) is 1.68. The molecule has 0 atom stereocenters. The Morgan fingerprint density at radius 1 is 1.50 bits per heavy atom. The molecule has 0 saturated heterocycles. The van der Waals surface area contributed by atoms with Crippen LogP contribution in [0.2, 0.25) is 0 Å². The third kappa shape index (κ3) is 2.09. The molecule has 1 rings (SSSR count). The number of hydrogen-bond donors (Lipinski definition) is 1. The molecular formula is C9H8F3NO. The van der Waals surface area contributed by atoms with Gasteiger partial charge in [0, 0.05) is 6.20 Å². The summed E-state index contributed by atoms with van der Waals surface area (Å²) >= 11 is 0. The molecule has 1 aromatic heterocycles. The van der Waals surface area contributed by atoms with Crippen LogP contribution in [0.25, 0.3) is 0 Å². The Balaban J connectivity index is 3.14. The zero-order valence-corrected chi connectivity index (χ0v) is 7.17. The second kappa shape index (κ2) is 3.76. The lowest BCUT2D eigenvalue weighted by atomic mass is 10.3. The minimum Gasteiger partial charge on any atom is -0.392 e. The van der Waals surface area contributed by atoms with Crippen molar-refractivity contribution in [3.63, 3.8) is 0 Å². The van der Waals surface area contributed by atoms with E-state index in [4.69, 9.17) is 11.5 Å². The lowest BCUT2D eigenvalue weighted by molar-refractivity contribution is -0.143.